The molecular formula is C11H21NO2. The summed E-state index contributed by atoms with van der Waals surface area (Å²) in [6, 6.07) is 0. The molecule has 1 aliphatic rings. The minimum atomic E-state index is -0.700. The van der Waals surface area contributed by atoms with Crippen LogP contribution in [-0.2, 0) is 4.79 Å². The zero-order valence-corrected chi connectivity index (χ0v) is 9.42. The van der Waals surface area contributed by atoms with E-state index >= 15 is 0 Å². The molecule has 0 amide bonds. The van der Waals surface area contributed by atoms with E-state index in [1.807, 2.05) is 13.8 Å². The molecule has 0 aromatic heterocycles. The lowest BCUT2D eigenvalue weighted by Gasteiger charge is -2.41. The molecule has 0 saturated carbocycles. The van der Waals surface area contributed by atoms with Gasteiger partial charge >= 0.3 is 5.97 Å². The van der Waals surface area contributed by atoms with Crippen molar-refractivity contribution in [2.75, 3.05) is 13.1 Å². The van der Waals surface area contributed by atoms with Crippen molar-refractivity contribution in [3.05, 3.63) is 0 Å². The van der Waals surface area contributed by atoms with Crippen molar-refractivity contribution in [1.82, 2.24) is 4.90 Å². The van der Waals surface area contributed by atoms with Gasteiger partial charge in [-0.15, -0.1) is 0 Å². The monoisotopic (exact) mass is 199 g/mol. The number of aliphatic carboxylic acids is 1. The molecule has 1 fully saturated rings. The first-order valence-corrected chi connectivity index (χ1v) is 5.38. The van der Waals surface area contributed by atoms with Crippen LogP contribution in [0.15, 0.2) is 0 Å². The second kappa shape index (κ2) is 4.30. The number of rotatable bonds is 3. The van der Waals surface area contributed by atoms with Crippen molar-refractivity contribution in [1.29, 1.82) is 0 Å². The highest BCUT2D eigenvalue weighted by atomic mass is 16.4. The third kappa shape index (κ3) is 2.98. The second-order valence-electron chi connectivity index (χ2n) is 5.05. The number of hydrogen-bond acceptors (Lipinski definition) is 2. The number of nitrogens with zero attached hydrogens (tertiary/aromatic N) is 1. The lowest BCUT2D eigenvalue weighted by atomic mass is 9.91. The zero-order valence-electron chi connectivity index (χ0n) is 9.42. The molecule has 1 heterocycles. The summed E-state index contributed by atoms with van der Waals surface area (Å²) in [6.45, 7) is 8.40. The highest BCUT2D eigenvalue weighted by Gasteiger charge is 2.31. The van der Waals surface area contributed by atoms with Crippen molar-refractivity contribution in [3.63, 3.8) is 0 Å². The summed E-state index contributed by atoms with van der Waals surface area (Å²) in [6.07, 6.45) is 2.63. The molecule has 1 aliphatic heterocycles. The van der Waals surface area contributed by atoms with Gasteiger partial charge in [0.15, 0.2) is 0 Å². The Morgan fingerprint density at radius 3 is 2.36 bits per heavy atom. The molecule has 0 atom stereocenters. The Balaban J connectivity index is 2.50. The van der Waals surface area contributed by atoms with Crippen molar-refractivity contribution >= 4 is 5.97 Å². The number of hydrogen-bond donors (Lipinski definition) is 1. The number of carbonyl (C=O) groups is 1. The maximum Gasteiger partial charge on any atom is 0.305 e. The predicted octanol–water partition coefficient (Wildman–Crippen LogP) is 1.97. The Kier molecular flexibility index (Phi) is 3.53. The highest BCUT2D eigenvalue weighted by molar-refractivity contribution is 5.68. The summed E-state index contributed by atoms with van der Waals surface area (Å²) in [5.41, 5.74) is -0.189. The molecular weight excluding hydrogens is 178 g/mol. The van der Waals surface area contributed by atoms with Crippen LogP contribution in [0.3, 0.4) is 0 Å². The van der Waals surface area contributed by atoms with Crippen LogP contribution in [0.25, 0.3) is 0 Å². The lowest BCUT2D eigenvalue weighted by molar-refractivity contribution is -0.140. The fourth-order valence-electron chi connectivity index (χ4n) is 2.10. The molecule has 14 heavy (non-hydrogen) atoms. The molecule has 0 spiro atoms. The Labute approximate surface area is 86.1 Å². The van der Waals surface area contributed by atoms with Gasteiger partial charge < -0.3 is 5.11 Å². The van der Waals surface area contributed by atoms with E-state index in [0.29, 0.717) is 0 Å². The van der Waals surface area contributed by atoms with Crippen LogP contribution < -0.4 is 0 Å². The first-order valence-electron chi connectivity index (χ1n) is 5.38. The average molecular weight is 199 g/mol. The molecule has 0 aromatic carbocycles. The van der Waals surface area contributed by atoms with E-state index in [-0.39, 0.29) is 12.0 Å². The minimum Gasteiger partial charge on any atom is -0.481 e. The quantitative estimate of drug-likeness (QED) is 0.755. The molecule has 82 valence electrons. The Morgan fingerprint density at radius 2 is 1.93 bits per heavy atom. The Hall–Kier alpha value is -0.570. The summed E-state index contributed by atoms with van der Waals surface area (Å²) in [7, 11) is 0. The molecule has 0 unspecified atom stereocenters. The van der Waals surface area contributed by atoms with Crippen LogP contribution in [0.4, 0.5) is 0 Å². The first-order chi connectivity index (χ1) is 6.42. The Bertz CT molecular complexity index is 205. The first kappa shape index (κ1) is 11.5. The summed E-state index contributed by atoms with van der Waals surface area (Å²) >= 11 is 0. The molecule has 0 aliphatic carbocycles. The van der Waals surface area contributed by atoms with Gasteiger partial charge in [-0.25, -0.2) is 0 Å². The maximum absolute atomic E-state index is 10.7. The van der Waals surface area contributed by atoms with Gasteiger partial charge in [-0.2, -0.15) is 0 Å². The normalized spacial score (nSPS) is 21.1. The van der Waals surface area contributed by atoms with Gasteiger partial charge in [0.1, 0.15) is 0 Å². The molecule has 1 saturated heterocycles. The van der Waals surface area contributed by atoms with Crippen LogP contribution in [0.5, 0.6) is 0 Å². The maximum atomic E-state index is 10.7. The average Bonchev–Trinajstić information content (AvgIpc) is 2.02. The molecule has 3 heteroatoms. The predicted molar refractivity (Wildman–Crippen MR) is 56.3 cm³/mol. The van der Waals surface area contributed by atoms with Crippen LogP contribution >= 0.6 is 0 Å². The van der Waals surface area contributed by atoms with Crippen molar-refractivity contribution in [2.24, 2.45) is 5.92 Å². The molecule has 3 nitrogen and oxygen atoms in total. The fourth-order valence-corrected chi connectivity index (χ4v) is 2.10. The second-order valence-corrected chi connectivity index (χ2v) is 5.05. The van der Waals surface area contributed by atoms with Crippen molar-refractivity contribution < 1.29 is 9.90 Å². The van der Waals surface area contributed by atoms with Gasteiger partial charge in [0.25, 0.3) is 0 Å². The number of carboxylic acids is 1. The smallest absolute Gasteiger partial charge is 0.305 e. The van der Waals surface area contributed by atoms with Crippen molar-refractivity contribution in [2.45, 2.75) is 45.6 Å². The largest absolute Gasteiger partial charge is 0.481 e. The fraction of sp³-hybridized carbons (Fsp3) is 0.909. The topological polar surface area (TPSA) is 40.5 Å². The van der Waals surface area contributed by atoms with Crippen LogP contribution in [-0.4, -0.2) is 34.6 Å². The molecule has 1 N–H and O–H groups in total. The van der Waals surface area contributed by atoms with E-state index in [1.54, 1.807) is 0 Å². The van der Waals surface area contributed by atoms with Gasteiger partial charge in [0.05, 0.1) is 6.42 Å². The summed E-state index contributed by atoms with van der Waals surface area (Å²) in [5, 5.41) is 8.81. The van der Waals surface area contributed by atoms with E-state index in [2.05, 4.69) is 11.8 Å². The number of carboxylic acid groups (broad SMARTS) is 1. The lowest BCUT2D eigenvalue weighted by Crippen LogP contribution is -2.49. The van der Waals surface area contributed by atoms with Gasteiger partial charge in [0.2, 0.25) is 0 Å². The number of piperidine rings is 1. The van der Waals surface area contributed by atoms with Gasteiger partial charge in [-0.1, -0.05) is 6.92 Å². The van der Waals surface area contributed by atoms with Crippen LogP contribution in [0.1, 0.15) is 40.0 Å². The van der Waals surface area contributed by atoms with E-state index in [0.717, 1.165) is 19.0 Å². The van der Waals surface area contributed by atoms with Crippen LogP contribution in [0, 0.1) is 5.92 Å². The Morgan fingerprint density at radius 1 is 1.43 bits per heavy atom. The molecule has 1 rings (SSSR count). The summed E-state index contributed by atoms with van der Waals surface area (Å²) < 4.78 is 0. The van der Waals surface area contributed by atoms with Gasteiger partial charge in [0, 0.05) is 5.54 Å². The van der Waals surface area contributed by atoms with Gasteiger partial charge in [-0.3, -0.25) is 9.69 Å². The van der Waals surface area contributed by atoms with E-state index in [9.17, 15) is 4.79 Å². The zero-order chi connectivity index (χ0) is 10.8. The summed E-state index contributed by atoms with van der Waals surface area (Å²) in [5.74, 6) is 0.0977. The standard InChI is InChI=1S/C11H21NO2/c1-9-4-6-12(7-5-9)11(2,3)8-10(13)14/h9H,4-8H2,1-3H3,(H,13,14). The molecule has 0 bridgehead atoms. The third-order valence-corrected chi connectivity index (χ3v) is 3.22. The SMILES string of the molecule is CC1CCN(C(C)(C)CC(=O)O)CC1. The molecule has 0 aromatic rings. The van der Waals surface area contributed by atoms with E-state index < -0.39 is 5.97 Å². The van der Waals surface area contributed by atoms with E-state index in [1.165, 1.54) is 12.8 Å². The summed E-state index contributed by atoms with van der Waals surface area (Å²) in [4.78, 5) is 13.0. The minimum absolute atomic E-state index is 0.189. The third-order valence-electron chi connectivity index (χ3n) is 3.22. The van der Waals surface area contributed by atoms with Crippen LogP contribution in [0.2, 0.25) is 0 Å². The van der Waals surface area contributed by atoms with Crippen molar-refractivity contribution in [3.8, 4) is 0 Å². The van der Waals surface area contributed by atoms with E-state index in [4.69, 9.17) is 5.11 Å². The number of likely N-dealkylation sites (tertiary alicyclic amines) is 1. The van der Waals surface area contributed by atoms with Gasteiger partial charge in [-0.05, 0) is 45.7 Å². The molecule has 0 radical (unpaired) electrons. The highest BCUT2D eigenvalue weighted by Crippen LogP contribution is 2.25.